The predicted octanol–water partition coefficient (Wildman–Crippen LogP) is 2.74. The van der Waals surface area contributed by atoms with Gasteiger partial charge in [0.05, 0.1) is 17.3 Å². The molecule has 0 aliphatic carbocycles. The van der Waals surface area contributed by atoms with Crippen LogP contribution < -0.4 is 11.3 Å². The lowest BCUT2D eigenvalue weighted by Gasteiger charge is -2.18. The monoisotopic (exact) mass is 280 g/mol. The van der Waals surface area contributed by atoms with Gasteiger partial charge in [0, 0.05) is 12.4 Å². The van der Waals surface area contributed by atoms with Crippen molar-refractivity contribution < 1.29 is 0 Å². The zero-order valence-corrected chi connectivity index (χ0v) is 12.6. The molecule has 4 nitrogen and oxygen atoms in total. The summed E-state index contributed by atoms with van der Waals surface area (Å²) in [6.07, 6.45) is 0. The molecule has 2 aromatic carbocycles. The summed E-state index contributed by atoms with van der Waals surface area (Å²) in [7, 11) is 1.96. The van der Waals surface area contributed by atoms with Crippen molar-refractivity contribution >= 4 is 10.9 Å². The molecular formula is C17H20N4. The van der Waals surface area contributed by atoms with E-state index in [0.29, 0.717) is 0 Å². The van der Waals surface area contributed by atoms with Crippen LogP contribution in [0, 0.1) is 13.8 Å². The van der Waals surface area contributed by atoms with Gasteiger partial charge in [0.1, 0.15) is 0 Å². The van der Waals surface area contributed by atoms with Crippen LogP contribution in [0.2, 0.25) is 0 Å². The quantitative estimate of drug-likeness (QED) is 0.573. The standard InChI is InChI=1S/C17H20N4/c1-11-7-6-9-13(12(11)2)16(19-18)17-14-8-4-5-10-15(14)21(3)20-17/h4-10,16,19H,18H2,1-3H3. The van der Waals surface area contributed by atoms with Crippen molar-refractivity contribution in [1.29, 1.82) is 0 Å². The minimum atomic E-state index is -0.115. The number of aromatic nitrogens is 2. The zero-order chi connectivity index (χ0) is 15.0. The van der Waals surface area contributed by atoms with E-state index in [-0.39, 0.29) is 6.04 Å². The Morgan fingerprint density at radius 2 is 1.86 bits per heavy atom. The molecule has 3 rings (SSSR count). The summed E-state index contributed by atoms with van der Waals surface area (Å²) in [6, 6.07) is 14.4. The average Bonchev–Trinajstić information content (AvgIpc) is 2.82. The van der Waals surface area contributed by atoms with Gasteiger partial charge in [-0.25, -0.2) is 5.43 Å². The molecular weight excluding hydrogens is 260 g/mol. The SMILES string of the molecule is Cc1cccc(C(NN)c2nn(C)c3ccccc23)c1C. The van der Waals surface area contributed by atoms with Crippen molar-refractivity contribution in [3.63, 3.8) is 0 Å². The fraction of sp³-hybridized carbons (Fsp3) is 0.235. The van der Waals surface area contributed by atoms with E-state index < -0.39 is 0 Å². The van der Waals surface area contributed by atoms with Crippen molar-refractivity contribution in [3.8, 4) is 0 Å². The van der Waals surface area contributed by atoms with E-state index in [1.165, 1.54) is 16.7 Å². The third-order valence-electron chi connectivity index (χ3n) is 4.18. The van der Waals surface area contributed by atoms with Gasteiger partial charge in [0.25, 0.3) is 0 Å². The summed E-state index contributed by atoms with van der Waals surface area (Å²) in [5, 5.41) is 5.81. The molecule has 21 heavy (non-hydrogen) atoms. The van der Waals surface area contributed by atoms with Crippen LogP contribution in [-0.2, 0) is 7.05 Å². The molecule has 0 saturated heterocycles. The van der Waals surface area contributed by atoms with Crippen molar-refractivity contribution in [2.75, 3.05) is 0 Å². The van der Waals surface area contributed by atoms with E-state index in [4.69, 9.17) is 5.84 Å². The fourth-order valence-electron chi connectivity index (χ4n) is 2.86. The highest BCUT2D eigenvalue weighted by Gasteiger charge is 2.21. The van der Waals surface area contributed by atoms with Crippen molar-refractivity contribution in [2.45, 2.75) is 19.9 Å². The van der Waals surface area contributed by atoms with Crippen molar-refractivity contribution in [2.24, 2.45) is 12.9 Å². The number of para-hydroxylation sites is 1. The maximum Gasteiger partial charge on any atom is 0.0931 e. The summed E-state index contributed by atoms with van der Waals surface area (Å²) in [4.78, 5) is 0. The molecule has 0 spiro atoms. The summed E-state index contributed by atoms with van der Waals surface area (Å²) in [5.74, 6) is 5.86. The first kappa shape index (κ1) is 13.8. The summed E-state index contributed by atoms with van der Waals surface area (Å²) in [6.45, 7) is 4.24. The van der Waals surface area contributed by atoms with Gasteiger partial charge in [-0.3, -0.25) is 10.5 Å². The molecule has 1 unspecified atom stereocenters. The van der Waals surface area contributed by atoms with Crippen LogP contribution in [0.15, 0.2) is 42.5 Å². The van der Waals surface area contributed by atoms with E-state index in [1.807, 2.05) is 23.9 Å². The number of hydrogen-bond donors (Lipinski definition) is 2. The van der Waals surface area contributed by atoms with Gasteiger partial charge in [0.15, 0.2) is 0 Å². The molecule has 1 atom stereocenters. The Morgan fingerprint density at radius 3 is 2.62 bits per heavy atom. The van der Waals surface area contributed by atoms with Crippen LogP contribution in [0.25, 0.3) is 10.9 Å². The normalized spacial score (nSPS) is 12.8. The van der Waals surface area contributed by atoms with Crippen LogP contribution >= 0.6 is 0 Å². The largest absolute Gasteiger partial charge is 0.271 e. The Balaban J connectivity index is 2.21. The highest BCUT2D eigenvalue weighted by molar-refractivity contribution is 5.82. The molecule has 1 heterocycles. The lowest BCUT2D eigenvalue weighted by atomic mass is 9.94. The maximum atomic E-state index is 5.86. The Bertz CT molecular complexity index is 789. The van der Waals surface area contributed by atoms with Gasteiger partial charge >= 0.3 is 0 Å². The van der Waals surface area contributed by atoms with Gasteiger partial charge < -0.3 is 0 Å². The molecule has 0 aliphatic heterocycles. The first-order valence-corrected chi connectivity index (χ1v) is 7.07. The minimum absolute atomic E-state index is 0.115. The van der Waals surface area contributed by atoms with E-state index in [9.17, 15) is 0 Å². The van der Waals surface area contributed by atoms with Gasteiger partial charge in [-0.1, -0.05) is 36.4 Å². The molecule has 3 N–H and O–H groups in total. The lowest BCUT2D eigenvalue weighted by Crippen LogP contribution is -2.30. The molecule has 108 valence electrons. The van der Waals surface area contributed by atoms with Crippen LogP contribution in [-0.4, -0.2) is 9.78 Å². The first-order chi connectivity index (χ1) is 10.1. The smallest absolute Gasteiger partial charge is 0.0931 e. The lowest BCUT2D eigenvalue weighted by molar-refractivity contribution is 0.605. The number of nitrogens with zero attached hydrogens (tertiary/aromatic N) is 2. The van der Waals surface area contributed by atoms with Crippen LogP contribution in [0.3, 0.4) is 0 Å². The zero-order valence-electron chi connectivity index (χ0n) is 12.6. The minimum Gasteiger partial charge on any atom is -0.271 e. The number of hydrazine groups is 1. The van der Waals surface area contributed by atoms with Crippen LogP contribution in [0.4, 0.5) is 0 Å². The van der Waals surface area contributed by atoms with Crippen LogP contribution in [0.5, 0.6) is 0 Å². The van der Waals surface area contributed by atoms with E-state index in [1.54, 1.807) is 0 Å². The van der Waals surface area contributed by atoms with Gasteiger partial charge in [0.2, 0.25) is 0 Å². The molecule has 0 bridgehead atoms. The van der Waals surface area contributed by atoms with Gasteiger partial charge in [-0.2, -0.15) is 5.10 Å². The predicted molar refractivity (Wildman–Crippen MR) is 85.8 cm³/mol. The third-order valence-corrected chi connectivity index (χ3v) is 4.18. The number of aryl methyl sites for hydroxylation is 2. The second-order valence-electron chi connectivity index (χ2n) is 5.41. The van der Waals surface area contributed by atoms with E-state index in [0.717, 1.165) is 16.6 Å². The fourth-order valence-corrected chi connectivity index (χ4v) is 2.86. The average molecular weight is 280 g/mol. The topological polar surface area (TPSA) is 55.9 Å². The Kier molecular flexibility index (Phi) is 3.49. The number of benzene rings is 2. The molecule has 0 saturated carbocycles. The van der Waals surface area contributed by atoms with E-state index >= 15 is 0 Å². The Labute approximate surface area is 124 Å². The molecule has 3 aromatic rings. The molecule has 1 aromatic heterocycles. The number of hydrogen-bond acceptors (Lipinski definition) is 3. The Morgan fingerprint density at radius 1 is 1.10 bits per heavy atom. The first-order valence-electron chi connectivity index (χ1n) is 7.07. The molecule has 4 heteroatoms. The molecule has 0 fully saturated rings. The van der Waals surface area contributed by atoms with Crippen LogP contribution in [0.1, 0.15) is 28.4 Å². The number of rotatable bonds is 3. The second kappa shape index (κ2) is 5.31. The summed E-state index contributed by atoms with van der Waals surface area (Å²) >= 11 is 0. The molecule has 0 radical (unpaired) electrons. The van der Waals surface area contributed by atoms with Crippen molar-refractivity contribution in [1.82, 2.24) is 15.2 Å². The number of nitrogens with two attached hydrogens (primary N) is 1. The van der Waals surface area contributed by atoms with E-state index in [2.05, 4.69) is 54.7 Å². The highest BCUT2D eigenvalue weighted by atomic mass is 15.3. The summed E-state index contributed by atoms with van der Waals surface area (Å²) < 4.78 is 1.90. The van der Waals surface area contributed by atoms with Gasteiger partial charge in [-0.15, -0.1) is 0 Å². The molecule has 0 amide bonds. The third kappa shape index (κ3) is 2.22. The second-order valence-corrected chi connectivity index (χ2v) is 5.41. The van der Waals surface area contributed by atoms with Crippen molar-refractivity contribution in [3.05, 3.63) is 64.8 Å². The number of nitrogens with one attached hydrogen (secondary N) is 1. The summed E-state index contributed by atoms with van der Waals surface area (Å²) in [5.41, 5.74) is 8.67. The Hall–Kier alpha value is -2.17. The number of fused-ring (bicyclic) bond motifs is 1. The maximum absolute atomic E-state index is 5.86. The molecule has 0 aliphatic rings. The highest BCUT2D eigenvalue weighted by Crippen LogP contribution is 2.30. The van der Waals surface area contributed by atoms with Gasteiger partial charge in [-0.05, 0) is 36.6 Å².